The molecule has 7 heteroatoms. The van der Waals surface area contributed by atoms with Gasteiger partial charge in [-0.1, -0.05) is 18.2 Å². The molecular formula is C21H18N4O3. The van der Waals surface area contributed by atoms with Crippen LogP contribution in [0.25, 0.3) is 11.1 Å². The number of aryl methyl sites for hydroxylation is 2. The topological polar surface area (TPSA) is 85.3 Å². The van der Waals surface area contributed by atoms with Crippen molar-refractivity contribution < 1.29 is 13.6 Å². The number of hydrogen-bond donors (Lipinski definition) is 0. The molecule has 0 radical (unpaired) electrons. The molecule has 28 heavy (non-hydrogen) atoms. The number of para-hydroxylation sites is 2. The van der Waals surface area contributed by atoms with Crippen molar-refractivity contribution in [2.75, 3.05) is 6.54 Å². The van der Waals surface area contributed by atoms with Crippen molar-refractivity contribution in [3.63, 3.8) is 0 Å². The van der Waals surface area contributed by atoms with Crippen LogP contribution in [0.1, 0.15) is 33.6 Å². The van der Waals surface area contributed by atoms with Crippen LogP contribution in [-0.2, 0) is 25.8 Å². The molecule has 0 N–H and O–H groups in total. The summed E-state index contributed by atoms with van der Waals surface area (Å²) in [6.07, 6.45) is 5.77. The molecule has 1 amide bonds. The van der Waals surface area contributed by atoms with E-state index >= 15 is 0 Å². The van der Waals surface area contributed by atoms with Gasteiger partial charge in [-0.2, -0.15) is 0 Å². The summed E-state index contributed by atoms with van der Waals surface area (Å²) in [5, 5.41) is 0. The van der Waals surface area contributed by atoms with E-state index in [1.807, 2.05) is 36.5 Å². The monoisotopic (exact) mass is 374 g/mol. The number of aromatic nitrogens is 3. The Morgan fingerprint density at radius 1 is 1.07 bits per heavy atom. The predicted octanol–water partition coefficient (Wildman–Crippen LogP) is 3.19. The van der Waals surface area contributed by atoms with Gasteiger partial charge in [0.25, 0.3) is 5.89 Å². The first-order valence-corrected chi connectivity index (χ1v) is 9.27. The number of rotatable bonds is 4. The highest BCUT2D eigenvalue weighted by Gasteiger charge is 2.28. The van der Waals surface area contributed by atoms with Crippen LogP contribution in [0.5, 0.6) is 0 Å². The zero-order chi connectivity index (χ0) is 18.9. The van der Waals surface area contributed by atoms with E-state index < -0.39 is 0 Å². The minimum atomic E-state index is -0.221. The lowest BCUT2D eigenvalue weighted by molar-refractivity contribution is 0.0690. The molecule has 0 saturated heterocycles. The minimum absolute atomic E-state index is 0.116. The number of benzene rings is 1. The predicted molar refractivity (Wildman–Crippen MR) is 101 cm³/mol. The van der Waals surface area contributed by atoms with Gasteiger partial charge >= 0.3 is 5.91 Å². The number of fused-ring (bicyclic) bond motifs is 2. The standard InChI is InChI=1S/C21H18N4O3/c26-21(20-24-15-5-1-2-6-17(15)28-20)25-11-9-18-16(13-25)23-19(27-18)8-7-14-4-3-10-22-12-14/h1-6,10,12H,7-9,11,13H2. The average Bonchev–Trinajstić information content (AvgIpc) is 3.35. The van der Waals surface area contributed by atoms with Crippen LogP contribution in [-0.4, -0.2) is 32.3 Å². The van der Waals surface area contributed by atoms with Gasteiger partial charge in [-0.05, 0) is 30.2 Å². The molecule has 4 aromatic rings. The molecule has 0 atom stereocenters. The van der Waals surface area contributed by atoms with Crippen molar-refractivity contribution in [3.8, 4) is 0 Å². The normalized spacial score (nSPS) is 13.6. The lowest BCUT2D eigenvalue weighted by Crippen LogP contribution is -2.36. The van der Waals surface area contributed by atoms with Gasteiger partial charge < -0.3 is 13.7 Å². The van der Waals surface area contributed by atoms with Crippen molar-refractivity contribution in [2.45, 2.75) is 25.8 Å². The summed E-state index contributed by atoms with van der Waals surface area (Å²) in [5.74, 6) is 1.46. The van der Waals surface area contributed by atoms with Crippen molar-refractivity contribution in [2.24, 2.45) is 0 Å². The summed E-state index contributed by atoms with van der Waals surface area (Å²) in [5.41, 5.74) is 3.26. The minimum Gasteiger partial charge on any atom is -0.445 e. The molecular weight excluding hydrogens is 356 g/mol. The van der Waals surface area contributed by atoms with Gasteiger partial charge in [-0.25, -0.2) is 9.97 Å². The molecule has 0 saturated carbocycles. The molecule has 0 spiro atoms. The Bertz CT molecular complexity index is 1100. The van der Waals surface area contributed by atoms with E-state index in [2.05, 4.69) is 15.0 Å². The summed E-state index contributed by atoms with van der Waals surface area (Å²) in [7, 11) is 0. The highest BCUT2D eigenvalue weighted by molar-refractivity contribution is 5.92. The van der Waals surface area contributed by atoms with Crippen molar-refractivity contribution in [1.29, 1.82) is 0 Å². The number of nitrogens with zero attached hydrogens (tertiary/aromatic N) is 4. The molecule has 1 aliphatic heterocycles. The Labute approximate surface area is 161 Å². The van der Waals surface area contributed by atoms with Crippen LogP contribution >= 0.6 is 0 Å². The molecule has 0 unspecified atom stereocenters. The third-order valence-electron chi connectivity index (χ3n) is 4.89. The van der Waals surface area contributed by atoms with E-state index in [1.54, 1.807) is 17.2 Å². The zero-order valence-electron chi connectivity index (χ0n) is 15.2. The van der Waals surface area contributed by atoms with E-state index in [0.717, 1.165) is 23.4 Å². The number of amides is 1. The van der Waals surface area contributed by atoms with Gasteiger partial charge in [0.15, 0.2) is 11.5 Å². The van der Waals surface area contributed by atoms with E-state index in [-0.39, 0.29) is 11.8 Å². The van der Waals surface area contributed by atoms with Crippen molar-refractivity contribution in [3.05, 3.63) is 77.6 Å². The van der Waals surface area contributed by atoms with Crippen LogP contribution in [0.4, 0.5) is 0 Å². The summed E-state index contributed by atoms with van der Waals surface area (Å²) >= 11 is 0. The summed E-state index contributed by atoms with van der Waals surface area (Å²) < 4.78 is 11.5. The third kappa shape index (κ3) is 3.15. The Balaban J connectivity index is 1.29. The molecule has 1 aliphatic rings. The van der Waals surface area contributed by atoms with Crippen molar-refractivity contribution >= 4 is 17.0 Å². The number of carbonyl (C=O) groups excluding carboxylic acids is 1. The molecule has 3 aromatic heterocycles. The van der Waals surface area contributed by atoms with Gasteiger partial charge in [0.1, 0.15) is 17.0 Å². The Hall–Kier alpha value is -3.48. The Kier molecular flexibility index (Phi) is 4.12. The SMILES string of the molecule is O=C(c1nc2ccccc2o1)N1CCc2oc(CCc3cccnc3)nc2C1. The van der Waals surface area contributed by atoms with E-state index in [9.17, 15) is 4.79 Å². The molecule has 4 heterocycles. The maximum absolute atomic E-state index is 12.8. The second-order valence-corrected chi connectivity index (χ2v) is 6.80. The summed E-state index contributed by atoms with van der Waals surface area (Å²) in [6.45, 7) is 0.963. The molecule has 0 bridgehead atoms. The van der Waals surface area contributed by atoms with Gasteiger partial charge in [-0.3, -0.25) is 9.78 Å². The fraction of sp³-hybridized carbons (Fsp3) is 0.238. The van der Waals surface area contributed by atoms with Crippen LogP contribution in [0.15, 0.2) is 57.6 Å². The number of hydrogen-bond acceptors (Lipinski definition) is 6. The summed E-state index contributed by atoms with van der Waals surface area (Å²) in [4.78, 5) is 27.5. The smallest absolute Gasteiger partial charge is 0.310 e. The molecule has 7 nitrogen and oxygen atoms in total. The number of pyridine rings is 1. The van der Waals surface area contributed by atoms with E-state index in [0.29, 0.717) is 42.9 Å². The quantitative estimate of drug-likeness (QED) is 0.545. The fourth-order valence-electron chi connectivity index (χ4n) is 3.43. The second kappa shape index (κ2) is 6.92. The number of carbonyl (C=O) groups is 1. The van der Waals surface area contributed by atoms with Crippen molar-refractivity contribution in [1.82, 2.24) is 19.9 Å². The molecule has 5 rings (SSSR count). The maximum Gasteiger partial charge on any atom is 0.310 e. The fourth-order valence-corrected chi connectivity index (χ4v) is 3.43. The van der Waals surface area contributed by atoms with Gasteiger partial charge in [-0.15, -0.1) is 0 Å². The first-order chi connectivity index (χ1) is 13.8. The largest absolute Gasteiger partial charge is 0.445 e. The molecule has 140 valence electrons. The van der Waals surface area contributed by atoms with Crippen LogP contribution in [0, 0.1) is 0 Å². The van der Waals surface area contributed by atoms with Crippen LogP contribution < -0.4 is 0 Å². The highest BCUT2D eigenvalue weighted by Crippen LogP contribution is 2.23. The van der Waals surface area contributed by atoms with Gasteiger partial charge in [0.2, 0.25) is 0 Å². The lowest BCUT2D eigenvalue weighted by atomic mass is 10.1. The number of oxazole rings is 2. The lowest BCUT2D eigenvalue weighted by Gasteiger charge is -2.23. The zero-order valence-corrected chi connectivity index (χ0v) is 15.2. The third-order valence-corrected chi connectivity index (χ3v) is 4.89. The first-order valence-electron chi connectivity index (χ1n) is 9.27. The maximum atomic E-state index is 12.8. The Morgan fingerprint density at radius 2 is 2.00 bits per heavy atom. The molecule has 0 fully saturated rings. The van der Waals surface area contributed by atoms with Gasteiger partial charge in [0, 0.05) is 31.8 Å². The second-order valence-electron chi connectivity index (χ2n) is 6.80. The first kappa shape index (κ1) is 16.7. The highest BCUT2D eigenvalue weighted by atomic mass is 16.4. The molecule has 1 aromatic carbocycles. The van der Waals surface area contributed by atoms with Crippen LogP contribution in [0.3, 0.4) is 0 Å². The Morgan fingerprint density at radius 3 is 2.86 bits per heavy atom. The van der Waals surface area contributed by atoms with Crippen LogP contribution in [0.2, 0.25) is 0 Å². The molecule has 0 aliphatic carbocycles. The van der Waals surface area contributed by atoms with E-state index in [4.69, 9.17) is 8.83 Å². The average molecular weight is 374 g/mol. The van der Waals surface area contributed by atoms with Gasteiger partial charge in [0.05, 0.1) is 6.54 Å². The van der Waals surface area contributed by atoms with E-state index in [1.165, 1.54) is 0 Å². The summed E-state index contributed by atoms with van der Waals surface area (Å²) in [6, 6.07) is 11.3.